The lowest BCUT2D eigenvalue weighted by Gasteiger charge is -2.08. The Hall–Kier alpha value is -1.26. The van der Waals surface area contributed by atoms with E-state index in [2.05, 4.69) is 17.2 Å². The predicted octanol–water partition coefficient (Wildman–Crippen LogP) is 3.11. The van der Waals surface area contributed by atoms with Gasteiger partial charge in [-0.05, 0) is 24.6 Å². The second kappa shape index (κ2) is 4.94. The van der Waals surface area contributed by atoms with Gasteiger partial charge in [-0.25, -0.2) is 4.68 Å². The molecule has 90 valence electrons. The molecule has 6 heteroatoms. The molecular weight excluding hydrogens is 259 g/mol. The first-order valence-electron chi connectivity index (χ1n) is 5.29. The van der Waals surface area contributed by atoms with Crippen LogP contribution in [-0.2, 0) is 6.42 Å². The van der Waals surface area contributed by atoms with E-state index in [1.165, 1.54) is 0 Å². The zero-order valence-corrected chi connectivity index (χ0v) is 10.8. The highest BCUT2D eigenvalue weighted by Gasteiger charge is 2.13. The van der Waals surface area contributed by atoms with E-state index in [9.17, 15) is 0 Å². The molecule has 1 aromatic carbocycles. The fourth-order valence-electron chi connectivity index (χ4n) is 1.63. The van der Waals surface area contributed by atoms with Crippen molar-refractivity contribution in [3.63, 3.8) is 0 Å². The SMILES string of the molecule is CCCc1c(N)nnn1-c1cc(Cl)ccc1Cl. The molecule has 1 aromatic heterocycles. The molecule has 0 saturated carbocycles. The Balaban J connectivity index is 2.56. The molecule has 0 spiro atoms. The number of hydrogen-bond acceptors (Lipinski definition) is 3. The number of benzene rings is 1. The number of aromatic nitrogens is 3. The highest BCUT2D eigenvalue weighted by molar-refractivity contribution is 6.34. The Kier molecular flexibility index (Phi) is 3.54. The minimum Gasteiger partial charge on any atom is -0.381 e. The van der Waals surface area contributed by atoms with Gasteiger partial charge >= 0.3 is 0 Å². The van der Waals surface area contributed by atoms with Crippen molar-refractivity contribution in [3.05, 3.63) is 33.9 Å². The van der Waals surface area contributed by atoms with Crippen LogP contribution in [0.25, 0.3) is 5.69 Å². The number of nitrogen functional groups attached to an aromatic ring is 1. The fraction of sp³-hybridized carbons (Fsp3) is 0.273. The highest BCUT2D eigenvalue weighted by Crippen LogP contribution is 2.26. The summed E-state index contributed by atoms with van der Waals surface area (Å²) in [5.74, 6) is 0.433. The van der Waals surface area contributed by atoms with Gasteiger partial charge in [0.05, 0.1) is 16.4 Å². The fourth-order valence-corrected chi connectivity index (χ4v) is 1.99. The van der Waals surface area contributed by atoms with Gasteiger partial charge in [-0.1, -0.05) is 41.8 Å². The van der Waals surface area contributed by atoms with E-state index in [1.54, 1.807) is 22.9 Å². The lowest BCUT2D eigenvalue weighted by molar-refractivity contribution is 0.746. The Morgan fingerprint density at radius 2 is 2.12 bits per heavy atom. The van der Waals surface area contributed by atoms with Crippen molar-refractivity contribution < 1.29 is 0 Å². The number of hydrogen-bond donors (Lipinski definition) is 1. The molecule has 0 aliphatic heterocycles. The third-order valence-electron chi connectivity index (χ3n) is 2.42. The van der Waals surface area contributed by atoms with Crippen LogP contribution in [0.1, 0.15) is 19.0 Å². The maximum absolute atomic E-state index is 6.12. The summed E-state index contributed by atoms with van der Waals surface area (Å²) in [6, 6.07) is 5.21. The molecule has 0 unspecified atom stereocenters. The normalized spacial score (nSPS) is 10.8. The average molecular weight is 271 g/mol. The van der Waals surface area contributed by atoms with E-state index in [0.717, 1.165) is 18.5 Å². The molecule has 4 nitrogen and oxygen atoms in total. The summed E-state index contributed by atoms with van der Waals surface area (Å²) >= 11 is 12.1. The first kappa shape index (κ1) is 12.2. The van der Waals surface area contributed by atoms with Crippen LogP contribution in [0.15, 0.2) is 18.2 Å². The molecule has 0 amide bonds. The number of nitrogens with two attached hydrogens (primary N) is 1. The number of halogens is 2. The van der Waals surface area contributed by atoms with E-state index in [0.29, 0.717) is 21.6 Å². The Bertz CT molecular complexity index is 536. The summed E-state index contributed by atoms with van der Waals surface area (Å²) in [5, 5.41) is 9.04. The summed E-state index contributed by atoms with van der Waals surface area (Å²) < 4.78 is 1.65. The molecule has 2 aromatic rings. The van der Waals surface area contributed by atoms with Crippen molar-refractivity contribution in [2.24, 2.45) is 0 Å². The molecule has 0 bridgehead atoms. The van der Waals surface area contributed by atoms with Gasteiger partial charge in [-0.2, -0.15) is 0 Å². The van der Waals surface area contributed by atoms with Crippen LogP contribution in [0.3, 0.4) is 0 Å². The quantitative estimate of drug-likeness (QED) is 0.933. The topological polar surface area (TPSA) is 56.7 Å². The minimum absolute atomic E-state index is 0.433. The van der Waals surface area contributed by atoms with Gasteiger partial charge in [0.2, 0.25) is 0 Å². The average Bonchev–Trinajstić information content (AvgIpc) is 2.65. The van der Waals surface area contributed by atoms with E-state index < -0.39 is 0 Å². The molecule has 0 atom stereocenters. The van der Waals surface area contributed by atoms with E-state index in [1.807, 2.05) is 0 Å². The van der Waals surface area contributed by atoms with Gasteiger partial charge in [0.1, 0.15) is 0 Å². The van der Waals surface area contributed by atoms with Crippen LogP contribution in [0.2, 0.25) is 10.0 Å². The zero-order valence-electron chi connectivity index (χ0n) is 9.32. The summed E-state index contributed by atoms with van der Waals surface area (Å²) in [6.45, 7) is 2.07. The lowest BCUT2D eigenvalue weighted by atomic mass is 10.2. The molecule has 0 radical (unpaired) electrons. The Morgan fingerprint density at radius 3 is 2.82 bits per heavy atom. The summed E-state index contributed by atoms with van der Waals surface area (Å²) in [5.41, 5.74) is 7.34. The zero-order chi connectivity index (χ0) is 12.4. The first-order valence-corrected chi connectivity index (χ1v) is 6.04. The maximum Gasteiger partial charge on any atom is 0.169 e. The van der Waals surface area contributed by atoms with Gasteiger partial charge in [-0.3, -0.25) is 0 Å². The third-order valence-corrected chi connectivity index (χ3v) is 2.97. The summed E-state index contributed by atoms with van der Waals surface area (Å²) in [6.07, 6.45) is 1.75. The maximum atomic E-state index is 6.12. The van der Waals surface area contributed by atoms with Gasteiger partial charge < -0.3 is 5.73 Å². The Labute approximate surface area is 109 Å². The standard InChI is InChI=1S/C11H12Cl2N4/c1-2-3-9-11(14)15-16-17(9)10-6-7(12)4-5-8(10)13/h4-6H,2-3,14H2,1H3. The second-order valence-corrected chi connectivity index (χ2v) is 4.52. The molecule has 17 heavy (non-hydrogen) atoms. The summed E-state index contributed by atoms with van der Waals surface area (Å²) in [4.78, 5) is 0. The monoisotopic (exact) mass is 270 g/mol. The van der Waals surface area contributed by atoms with Crippen molar-refractivity contribution >= 4 is 29.0 Å². The molecule has 0 aliphatic rings. The second-order valence-electron chi connectivity index (χ2n) is 3.68. The van der Waals surface area contributed by atoms with E-state index in [4.69, 9.17) is 28.9 Å². The van der Waals surface area contributed by atoms with Gasteiger partial charge in [0.25, 0.3) is 0 Å². The number of rotatable bonds is 3. The molecule has 2 N–H and O–H groups in total. The van der Waals surface area contributed by atoms with Crippen molar-refractivity contribution in [2.75, 3.05) is 5.73 Å². The van der Waals surface area contributed by atoms with E-state index >= 15 is 0 Å². The highest BCUT2D eigenvalue weighted by atomic mass is 35.5. The Morgan fingerprint density at radius 1 is 1.35 bits per heavy atom. The molecule has 2 rings (SSSR count). The van der Waals surface area contributed by atoms with Crippen LogP contribution < -0.4 is 5.73 Å². The van der Waals surface area contributed by atoms with Crippen molar-refractivity contribution in [3.8, 4) is 5.69 Å². The molecule has 0 fully saturated rings. The first-order chi connectivity index (χ1) is 8.13. The third kappa shape index (κ3) is 2.37. The number of nitrogens with zero attached hydrogens (tertiary/aromatic N) is 3. The van der Waals surface area contributed by atoms with Crippen LogP contribution in [0, 0.1) is 0 Å². The predicted molar refractivity (Wildman–Crippen MR) is 69.8 cm³/mol. The van der Waals surface area contributed by atoms with Crippen LogP contribution in [0.4, 0.5) is 5.82 Å². The van der Waals surface area contributed by atoms with Crippen molar-refractivity contribution in [2.45, 2.75) is 19.8 Å². The van der Waals surface area contributed by atoms with Crippen LogP contribution in [0.5, 0.6) is 0 Å². The molecule has 0 aliphatic carbocycles. The lowest BCUT2D eigenvalue weighted by Crippen LogP contribution is -2.04. The smallest absolute Gasteiger partial charge is 0.169 e. The molecule has 0 saturated heterocycles. The molecule has 1 heterocycles. The van der Waals surface area contributed by atoms with Crippen LogP contribution in [-0.4, -0.2) is 15.0 Å². The van der Waals surface area contributed by atoms with Gasteiger partial charge in [0.15, 0.2) is 5.82 Å². The number of anilines is 1. The molecular formula is C11H12Cl2N4. The van der Waals surface area contributed by atoms with Gasteiger partial charge in [-0.15, -0.1) is 5.10 Å². The summed E-state index contributed by atoms with van der Waals surface area (Å²) in [7, 11) is 0. The van der Waals surface area contributed by atoms with Crippen LogP contribution >= 0.6 is 23.2 Å². The minimum atomic E-state index is 0.433. The van der Waals surface area contributed by atoms with Crippen molar-refractivity contribution in [1.29, 1.82) is 0 Å². The van der Waals surface area contributed by atoms with Crippen molar-refractivity contribution in [1.82, 2.24) is 15.0 Å². The largest absolute Gasteiger partial charge is 0.381 e. The van der Waals surface area contributed by atoms with E-state index in [-0.39, 0.29) is 0 Å². The van der Waals surface area contributed by atoms with Gasteiger partial charge in [0, 0.05) is 5.02 Å².